The van der Waals surface area contributed by atoms with Crippen molar-refractivity contribution in [2.24, 2.45) is 0 Å². The van der Waals surface area contributed by atoms with Crippen LogP contribution in [0.4, 0.5) is 5.69 Å². The molecule has 2 aromatic rings. The van der Waals surface area contributed by atoms with Crippen LogP contribution < -0.4 is 10.9 Å². The zero-order chi connectivity index (χ0) is 19.4. The summed E-state index contributed by atoms with van der Waals surface area (Å²) in [5.74, 6) is 0.382. The Morgan fingerprint density at radius 2 is 2.11 bits per heavy atom. The molecule has 0 fully saturated rings. The lowest BCUT2D eigenvalue weighted by Crippen LogP contribution is -2.12. The molecule has 1 amide bonds. The summed E-state index contributed by atoms with van der Waals surface area (Å²) in [4.78, 5) is 43.2. The number of Topliss-reactive ketones (excluding diaryl/α,β-unsaturated/α-hetero) is 1. The van der Waals surface area contributed by atoms with Gasteiger partial charge in [-0.05, 0) is 42.5 Å². The number of aromatic nitrogens is 2. The number of benzene rings is 1. The molecule has 27 heavy (non-hydrogen) atoms. The molecule has 2 heterocycles. The van der Waals surface area contributed by atoms with E-state index in [4.69, 9.17) is 0 Å². The molecule has 2 N–H and O–H groups in total. The molecule has 142 valence electrons. The van der Waals surface area contributed by atoms with Gasteiger partial charge in [0, 0.05) is 29.4 Å². The molecule has 1 unspecified atom stereocenters. The van der Waals surface area contributed by atoms with Gasteiger partial charge in [0.05, 0.1) is 5.75 Å². The van der Waals surface area contributed by atoms with Crippen molar-refractivity contribution in [3.63, 3.8) is 0 Å². The van der Waals surface area contributed by atoms with E-state index < -0.39 is 0 Å². The van der Waals surface area contributed by atoms with E-state index in [2.05, 4.69) is 22.2 Å². The van der Waals surface area contributed by atoms with Crippen molar-refractivity contribution in [1.82, 2.24) is 9.97 Å². The fourth-order valence-electron chi connectivity index (χ4n) is 3.13. The number of nitrogens with zero attached hydrogens (tertiary/aromatic N) is 1. The number of rotatable bonds is 6. The number of hydrogen-bond donors (Lipinski definition) is 2. The van der Waals surface area contributed by atoms with Gasteiger partial charge in [-0.3, -0.25) is 14.4 Å². The summed E-state index contributed by atoms with van der Waals surface area (Å²) in [5, 5.41) is 3.36. The Hall–Kier alpha value is -2.41. The van der Waals surface area contributed by atoms with E-state index in [1.165, 1.54) is 17.8 Å². The van der Waals surface area contributed by atoms with Gasteiger partial charge in [-0.15, -0.1) is 0 Å². The van der Waals surface area contributed by atoms with E-state index >= 15 is 0 Å². The SMILES string of the molecule is CCCc1cc(=O)[nH]c(SCC(=O)c2ccc3c(c2)C(C)CCC(=O)N3)n1. The zero-order valence-corrected chi connectivity index (χ0v) is 16.3. The number of thioether (sulfide) groups is 1. The molecule has 1 aromatic carbocycles. The first-order chi connectivity index (χ1) is 13.0. The Balaban J connectivity index is 1.74. The first kappa shape index (κ1) is 19.4. The van der Waals surface area contributed by atoms with Crippen molar-refractivity contribution >= 4 is 29.1 Å². The van der Waals surface area contributed by atoms with Gasteiger partial charge < -0.3 is 10.3 Å². The maximum atomic E-state index is 12.6. The number of carbonyl (C=O) groups excluding carboxylic acids is 2. The largest absolute Gasteiger partial charge is 0.326 e. The number of aromatic amines is 1. The Kier molecular flexibility index (Phi) is 6.11. The fourth-order valence-corrected chi connectivity index (χ4v) is 3.92. The summed E-state index contributed by atoms with van der Waals surface area (Å²) in [7, 11) is 0. The lowest BCUT2D eigenvalue weighted by Gasteiger charge is -2.13. The van der Waals surface area contributed by atoms with Crippen LogP contribution in [0.2, 0.25) is 0 Å². The first-order valence-corrected chi connectivity index (χ1v) is 10.1. The molecule has 0 aliphatic carbocycles. The number of fused-ring (bicyclic) bond motifs is 1. The Bertz CT molecular complexity index is 923. The van der Waals surface area contributed by atoms with Crippen LogP contribution in [0.3, 0.4) is 0 Å². The molecule has 0 saturated heterocycles. The topological polar surface area (TPSA) is 91.9 Å². The van der Waals surface area contributed by atoms with Gasteiger partial charge >= 0.3 is 0 Å². The molecule has 0 radical (unpaired) electrons. The molecule has 0 bridgehead atoms. The molecule has 1 aromatic heterocycles. The fraction of sp³-hybridized carbons (Fsp3) is 0.400. The summed E-state index contributed by atoms with van der Waals surface area (Å²) in [5.41, 5.74) is 2.93. The number of H-pyrrole nitrogens is 1. The predicted octanol–water partition coefficient (Wildman–Crippen LogP) is 3.53. The van der Waals surface area contributed by atoms with Crippen LogP contribution in [0, 0.1) is 0 Å². The Labute approximate surface area is 162 Å². The van der Waals surface area contributed by atoms with Crippen molar-refractivity contribution in [1.29, 1.82) is 0 Å². The number of amides is 1. The molecule has 1 atom stereocenters. The lowest BCUT2D eigenvalue weighted by atomic mass is 9.94. The minimum atomic E-state index is -0.196. The standard InChI is InChI=1S/C20H23N3O3S/c1-3-4-14-10-19(26)23-20(21-14)27-11-17(24)13-6-7-16-15(9-13)12(2)5-8-18(25)22-16/h6-7,9-10,12H,3-5,8,11H2,1-2H3,(H,22,25)(H,21,23,26). The first-order valence-electron chi connectivity index (χ1n) is 9.16. The summed E-state index contributed by atoms with van der Waals surface area (Å²) in [6.07, 6.45) is 2.89. The minimum absolute atomic E-state index is 0.0113. The molecule has 6 nitrogen and oxygen atoms in total. The number of carbonyl (C=O) groups is 2. The second kappa shape index (κ2) is 8.52. The van der Waals surface area contributed by atoms with E-state index in [1.807, 2.05) is 13.0 Å². The monoisotopic (exact) mass is 385 g/mol. The van der Waals surface area contributed by atoms with Gasteiger partial charge in [-0.25, -0.2) is 4.98 Å². The third-order valence-electron chi connectivity index (χ3n) is 4.60. The molecule has 7 heteroatoms. The van der Waals surface area contributed by atoms with E-state index in [-0.39, 0.29) is 28.9 Å². The highest BCUT2D eigenvalue weighted by atomic mass is 32.2. The van der Waals surface area contributed by atoms with Gasteiger partial charge in [0.25, 0.3) is 5.56 Å². The van der Waals surface area contributed by atoms with Crippen LogP contribution >= 0.6 is 11.8 Å². The zero-order valence-electron chi connectivity index (χ0n) is 15.5. The second-order valence-electron chi connectivity index (χ2n) is 6.79. The molecule has 3 rings (SSSR count). The van der Waals surface area contributed by atoms with Gasteiger partial charge in [0.1, 0.15) is 0 Å². The highest BCUT2D eigenvalue weighted by Crippen LogP contribution is 2.32. The number of ketones is 1. The summed E-state index contributed by atoms with van der Waals surface area (Å²) in [6, 6.07) is 6.91. The number of anilines is 1. The van der Waals surface area contributed by atoms with Gasteiger partial charge in [-0.2, -0.15) is 0 Å². The van der Waals surface area contributed by atoms with Crippen molar-refractivity contribution in [2.45, 2.75) is 50.6 Å². The van der Waals surface area contributed by atoms with E-state index in [1.54, 1.807) is 12.1 Å². The molecular weight excluding hydrogens is 362 g/mol. The molecular formula is C20H23N3O3S. The quantitative estimate of drug-likeness (QED) is 0.451. The summed E-state index contributed by atoms with van der Waals surface area (Å²) >= 11 is 1.23. The van der Waals surface area contributed by atoms with Gasteiger partial charge in [-0.1, -0.05) is 32.0 Å². The maximum Gasteiger partial charge on any atom is 0.251 e. The van der Waals surface area contributed by atoms with Crippen LogP contribution in [0.5, 0.6) is 0 Å². The van der Waals surface area contributed by atoms with Crippen molar-refractivity contribution < 1.29 is 9.59 Å². The smallest absolute Gasteiger partial charge is 0.251 e. The molecule has 1 aliphatic rings. The van der Waals surface area contributed by atoms with E-state index in [9.17, 15) is 14.4 Å². The van der Waals surface area contributed by atoms with Gasteiger partial charge in [0.2, 0.25) is 5.91 Å². The van der Waals surface area contributed by atoms with Gasteiger partial charge in [0.15, 0.2) is 10.9 Å². The second-order valence-corrected chi connectivity index (χ2v) is 7.76. The maximum absolute atomic E-state index is 12.6. The summed E-state index contributed by atoms with van der Waals surface area (Å²) in [6.45, 7) is 4.09. The number of hydrogen-bond acceptors (Lipinski definition) is 5. The third kappa shape index (κ3) is 4.86. The number of aryl methyl sites for hydroxylation is 1. The molecule has 0 saturated carbocycles. The van der Waals surface area contributed by atoms with Crippen LogP contribution in [0.25, 0.3) is 0 Å². The predicted molar refractivity (Wildman–Crippen MR) is 107 cm³/mol. The minimum Gasteiger partial charge on any atom is -0.326 e. The molecule has 1 aliphatic heterocycles. The summed E-state index contributed by atoms with van der Waals surface area (Å²) < 4.78 is 0. The highest BCUT2D eigenvalue weighted by Gasteiger charge is 2.20. The lowest BCUT2D eigenvalue weighted by molar-refractivity contribution is -0.116. The number of nitrogens with one attached hydrogen (secondary N) is 2. The average Bonchev–Trinajstić information content (AvgIpc) is 2.78. The van der Waals surface area contributed by atoms with Crippen LogP contribution in [0.1, 0.15) is 60.6 Å². The Morgan fingerprint density at radius 3 is 2.89 bits per heavy atom. The van der Waals surface area contributed by atoms with Crippen molar-refractivity contribution in [3.8, 4) is 0 Å². The van der Waals surface area contributed by atoms with Crippen LogP contribution in [-0.4, -0.2) is 27.4 Å². The van der Waals surface area contributed by atoms with E-state index in [0.717, 1.165) is 36.2 Å². The average molecular weight is 385 g/mol. The Morgan fingerprint density at radius 1 is 1.30 bits per heavy atom. The van der Waals surface area contributed by atoms with Crippen LogP contribution in [0.15, 0.2) is 34.2 Å². The van der Waals surface area contributed by atoms with E-state index in [0.29, 0.717) is 17.1 Å². The highest BCUT2D eigenvalue weighted by molar-refractivity contribution is 7.99. The third-order valence-corrected chi connectivity index (χ3v) is 5.48. The van der Waals surface area contributed by atoms with Crippen molar-refractivity contribution in [2.75, 3.05) is 11.1 Å². The van der Waals surface area contributed by atoms with Crippen molar-refractivity contribution in [3.05, 3.63) is 51.4 Å². The normalized spacial score (nSPS) is 16.4. The van der Waals surface area contributed by atoms with Crippen LogP contribution in [-0.2, 0) is 11.2 Å². The molecule has 0 spiro atoms.